The number of aldehydes is 1. The molecule has 1 N–H and O–H groups in total. The number of phenols is 1. The number of phenolic OH excluding ortho intramolecular Hbond substituents is 1. The highest BCUT2D eigenvalue weighted by atomic mass is 16.3. The van der Waals surface area contributed by atoms with E-state index >= 15 is 0 Å². The summed E-state index contributed by atoms with van der Waals surface area (Å²) in [5, 5.41) is 9.29. The Morgan fingerprint density at radius 3 is 3.08 bits per heavy atom. The minimum atomic E-state index is -0.00384. The molecule has 0 saturated heterocycles. The second-order valence-corrected chi connectivity index (χ2v) is 3.52. The van der Waals surface area contributed by atoms with Crippen molar-refractivity contribution in [3.63, 3.8) is 0 Å². The van der Waals surface area contributed by atoms with E-state index < -0.39 is 0 Å². The predicted octanol–water partition coefficient (Wildman–Crippen LogP) is 2.01. The molecule has 1 atom stereocenters. The quantitative estimate of drug-likeness (QED) is 0.664. The molecule has 2 heteroatoms. The fraction of sp³-hybridized carbons (Fsp3) is 0.364. The van der Waals surface area contributed by atoms with Crippen LogP contribution in [0.15, 0.2) is 18.2 Å². The zero-order valence-electron chi connectivity index (χ0n) is 7.36. The van der Waals surface area contributed by atoms with Crippen LogP contribution in [0.25, 0.3) is 0 Å². The fourth-order valence-corrected chi connectivity index (χ4v) is 1.96. The van der Waals surface area contributed by atoms with Gasteiger partial charge >= 0.3 is 0 Å². The van der Waals surface area contributed by atoms with E-state index in [0.29, 0.717) is 0 Å². The number of fused-ring (bicyclic) bond motifs is 1. The Morgan fingerprint density at radius 2 is 2.31 bits per heavy atom. The maximum absolute atomic E-state index is 10.8. The van der Waals surface area contributed by atoms with Gasteiger partial charge in [0.2, 0.25) is 0 Å². The van der Waals surface area contributed by atoms with Gasteiger partial charge in [-0.15, -0.1) is 0 Å². The molecule has 1 aromatic carbocycles. The predicted molar refractivity (Wildman–Crippen MR) is 49.8 cm³/mol. The highest BCUT2D eigenvalue weighted by Crippen LogP contribution is 2.32. The van der Waals surface area contributed by atoms with E-state index in [1.807, 2.05) is 6.07 Å². The number of hydrogen-bond acceptors (Lipinski definition) is 2. The minimum Gasteiger partial charge on any atom is -0.508 e. The molecule has 13 heavy (non-hydrogen) atoms. The Kier molecular flexibility index (Phi) is 2.05. The molecule has 1 aliphatic carbocycles. The van der Waals surface area contributed by atoms with Crippen LogP contribution in [-0.4, -0.2) is 11.4 Å². The zero-order chi connectivity index (χ0) is 9.26. The van der Waals surface area contributed by atoms with Crippen LogP contribution in [0, 0.1) is 0 Å². The summed E-state index contributed by atoms with van der Waals surface area (Å²) in [6, 6.07) is 5.32. The van der Waals surface area contributed by atoms with Crippen molar-refractivity contribution in [1.29, 1.82) is 0 Å². The van der Waals surface area contributed by atoms with Gasteiger partial charge in [0.05, 0.1) is 0 Å². The minimum absolute atomic E-state index is 0.00384. The van der Waals surface area contributed by atoms with Crippen LogP contribution in [0.2, 0.25) is 0 Å². The lowest BCUT2D eigenvalue weighted by Gasteiger charge is -2.20. The summed E-state index contributed by atoms with van der Waals surface area (Å²) in [7, 11) is 0. The first-order valence-electron chi connectivity index (χ1n) is 4.58. The van der Waals surface area contributed by atoms with Gasteiger partial charge in [-0.1, -0.05) is 6.07 Å². The van der Waals surface area contributed by atoms with E-state index in [0.717, 1.165) is 31.1 Å². The molecule has 0 fully saturated rings. The van der Waals surface area contributed by atoms with E-state index in [1.54, 1.807) is 12.1 Å². The Labute approximate surface area is 77.2 Å². The Morgan fingerprint density at radius 1 is 1.46 bits per heavy atom. The molecule has 1 unspecified atom stereocenters. The van der Waals surface area contributed by atoms with Crippen LogP contribution in [0.3, 0.4) is 0 Å². The summed E-state index contributed by atoms with van der Waals surface area (Å²) in [5.41, 5.74) is 2.22. The summed E-state index contributed by atoms with van der Waals surface area (Å²) in [5.74, 6) is 0.253. The molecule has 0 saturated carbocycles. The largest absolute Gasteiger partial charge is 0.508 e. The number of aromatic hydroxyl groups is 1. The van der Waals surface area contributed by atoms with Crippen LogP contribution >= 0.6 is 0 Å². The van der Waals surface area contributed by atoms with Crippen molar-refractivity contribution in [1.82, 2.24) is 0 Å². The molecule has 0 radical (unpaired) electrons. The first-order chi connectivity index (χ1) is 6.31. The summed E-state index contributed by atoms with van der Waals surface area (Å²) >= 11 is 0. The maximum Gasteiger partial charge on any atom is 0.127 e. The molecular formula is C11H12O2. The Bertz CT molecular complexity index is 331. The third-order valence-corrected chi connectivity index (χ3v) is 2.65. The lowest BCUT2D eigenvalue weighted by Crippen LogP contribution is -2.10. The average Bonchev–Trinajstić information content (AvgIpc) is 2.17. The van der Waals surface area contributed by atoms with E-state index in [-0.39, 0.29) is 11.7 Å². The fourth-order valence-electron chi connectivity index (χ4n) is 1.96. The lowest BCUT2D eigenvalue weighted by molar-refractivity contribution is -0.109. The van der Waals surface area contributed by atoms with Crippen molar-refractivity contribution in [2.24, 2.45) is 0 Å². The summed E-state index contributed by atoms with van der Waals surface area (Å²) < 4.78 is 0. The Hall–Kier alpha value is -1.31. The molecule has 1 aliphatic rings. The molecular weight excluding hydrogens is 164 g/mol. The molecule has 0 aromatic heterocycles. The van der Waals surface area contributed by atoms with Gasteiger partial charge in [0, 0.05) is 5.92 Å². The second kappa shape index (κ2) is 3.21. The molecule has 0 heterocycles. The van der Waals surface area contributed by atoms with Crippen molar-refractivity contribution in [3.05, 3.63) is 29.3 Å². The third-order valence-electron chi connectivity index (χ3n) is 2.65. The average molecular weight is 176 g/mol. The van der Waals surface area contributed by atoms with E-state index in [4.69, 9.17) is 0 Å². The number of benzene rings is 1. The summed E-state index contributed by atoms with van der Waals surface area (Å²) in [6.07, 6.45) is 4.00. The van der Waals surface area contributed by atoms with Crippen molar-refractivity contribution >= 4 is 6.29 Å². The van der Waals surface area contributed by atoms with Crippen LogP contribution < -0.4 is 0 Å². The van der Waals surface area contributed by atoms with Gasteiger partial charge in [0.15, 0.2) is 0 Å². The van der Waals surface area contributed by atoms with Gasteiger partial charge in [0.1, 0.15) is 12.0 Å². The van der Waals surface area contributed by atoms with E-state index in [2.05, 4.69) is 0 Å². The molecule has 68 valence electrons. The van der Waals surface area contributed by atoms with E-state index in [1.165, 1.54) is 5.56 Å². The van der Waals surface area contributed by atoms with E-state index in [9.17, 15) is 9.90 Å². The van der Waals surface area contributed by atoms with Crippen LogP contribution in [0.5, 0.6) is 5.75 Å². The molecule has 0 bridgehead atoms. The monoisotopic (exact) mass is 176 g/mol. The maximum atomic E-state index is 10.8. The molecule has 0 spiro atoms. The van der Waals surface area contributed by atoms with Crippen LogP contribution in [-0.2, 0) is 11.2 Å². The number of rotatable bonds is 1. The van der Waals surface area contributed by atoms with Gasteiger partial charge in [-0.3, -0.25) is 0 Å². The van der Waals surface area contributed by atoms with Crippen LogP contribution in [0.4, 0.5) is 0 Å². The number of carbonyl (C=O) groups is 1. The van der Waals surface area contributed by atoms with Crippen molar-refractivity contribution in [3.8, 4) is 5.75 Å². The van der Waals surface area contributed by atoms with Gasteiger partial charge in [-0.25, -0.2) is 0 Å². The number of carbonyl (C=O) groups excluding carboxylic acids is 1. The smallest absolute Gasteiger partial charge is 0.127 e. The van der Waals surface area contributed by atoms with Crippen LogP contribution in [0.1, 0.15) is 29.9 Å². The molecule has 1 aromatic rings. The first kappa shape index (κ1) is 8.30. The molecule has 0 aliphatic heterocycles. The normalized spacial score (nSPS) is 20.8. The standard InChI is InChI=1S/C11H12O2/c12-7-9-3-1-2-8-4-5-10(13)6-11(8)9/h4-7,9,13H,1-3H2. The van der Waals surface area contributed by atoms with Gasteiger partial charge in [-0.2, -0.15) is 0 Å². The second-order valence-electron chi connectivity index (χ2n) is 3.52. The summed E-state index contributed by atoms with van der Waals surface area (Å²) in [4.78, 5) is 10.8. The third kappa shape index (κ3) is 1.44. The highest BCUT2D eigenvalue weighted by molar-refractivity contribution is 5.64. The van der Waals surface area contributed by atoms with Gasteiger partial charge < -0.3 is 9.90 Å². The van der Waals surface area contributed by atoms with Gasteiger partial charge in [-0.05, 0) is 42.5 Å². The molecule has 0 amide bonds. The topological polar surface area (TPSA) is 37.3 Å². The summed E-state index contributed by atoms with van der Waals surface area (Å²) in [6.45, 7) is 0. The first-order valence-corrected chi connectivity index (χ1v) is 4.58. The van der Waals surface area contributed by atoms with Crippen molar-refractivity contribution in [2.45, 2.75) is 25.2 Å². The molecule has 2 nitrogen and oxygen atoms in total. The van der Waals surface area contributed by atoms with Gasteiger partial charge in [0.25, 0.3) is 0 Å². The SMILES string of the molecule is O=CC1CCCc2ccc(O)cc21. The van der Waals surface area contributed by atoms with Crippen molar-refractivity contribution < 1.29 is 9.90 Å². The lowest BCUT2D eigenvalue weighted by atomic mass is 9.83. The number of hydrogen-bond donors (Lipinski definition) is 1. The number of aryl methyl sites for hydroxylation is 1. The zero-order valence-corrected chi connectivity index (χ0v) is 7.36. The van der Waals surface area contributed by atoms with Crippen molar-refractivity contribution in [2.75, 3.05) is 0 Å². The highest BCUT2D eigenvalue weighted by Gasteiger charge is 2.19. The Balaban J connectivity index is 2.47. The molecule has 2 rings (SSSR count).